The fourth-order valence-electron chi connectivity index (χ4n) is 4.14. The molecule has 0 saturated heterocycles. The normalized spacial score (nSPS) is 21.2. The maximum Gasteiger partial charge on any atom is 0.303 e. The molecule has 0 spiro atoms. The molecule has 1 aromatic carbocycles. The first-order valence-corrected chi connectivity index (χ1v) is 9.85. The van der Waals surface area contributed by atoms with E-state index >= 15 is 0 Å². The zero-order valence-electron chi connectivity index (χ0n) is 16.1. The summed E-state index contributed by atoms with van der Waals surface area (Å²) in [6.45, 7) is 2.53. The van der Waals surface area contributed by atoms with Crippen molar-refractivity contribution in [3.8, 4) is 11.5 Å². The average Bonchev–Trinajstić information content (AvgIpc) is 3.26. The number of allylic oxidation sites excluding steroid dienone is 2. The number of hydrogen-bond acceptors (Lipinski definition) is 4. The zero-order chi connectivity index (χ0) is 19.5. The third-order valence-corrected chi connectivity index (χ3v) is 5.58. The molecule has 4 rings (SSSR count). The molecule has 1 heterocycles. The Balaban J connectivity index is 1.31. The number of nitrogens with zero attached hydrogens (tertiary/aromatic N) is 1. The number of ether oxygens (including phenoxy) is 1. The van der Waals surface area contributed by atoms with Crippen molar-refractivity contribution in [2.24, 2.45) is 5.92 Å². The number of carboxylic acids is 1. The van der Waals surface area contributed by atoms with Gasteiger partial charge in [0.25, 0.3) is 0 Å². The van der Waals surface area contributed by atoms with E-state index in [2.05, 4.69) is 17.1 Å². The lowest BCUT2D eigenvalue weighted by atomic mass is 9.92. The maximum atomic E-state index is 11.0. The van der Waals surface area contributed by atoms with Crippen molar-refractivity contribution in [2.45, 2.75) is 45.1 Å². The number of aliphatic carboxylic acids is 1. The minimum Gasteiger partial charge on any atom is -0.481 e. The predicted octanol–water partition coefficient (Wildman–Crippen LogP) is 4.72. The molecule has 146 valence electrons. The Bertz CT molecular complexity index is 910. The van der Waals surface area contributed by atoms with E-state index in [0.29, 0.717) is 18.9 Å². The quantitative estimate of drug-likeness (QED) is 0.754. The second kappa shape index (κ2) is 8.15. The molecule has 5 heteroatoms. The highest BCUT2D eigenvalue weighted by molar-refractivity contribution is 5.68. The van der Waals surface area contributed by atoms with Gasteiger partial charge in [-0.15, -0.1) is 0 Å². The van der Waals surface area contributed by atoms with Crippen LogP contribution in [0.1, 0.15) is 37.1 Å². The molecular weight excluding hydrogens is 354 g/mol. The Kier molecular flexibility index (Phi) is 5.44. The van der Waals surface area contributed by atoms with E-state index in [1.54, 1.807) is 0 Å². The first-order chi connectivity index (χ1) is 13.6. The molecule has 1 N–H and O–H groups in total. The van der Waals surface area contributed by atoms with Crippen LogP contribution in [0.25, 0.3) is 11.5 Å². The maximum absolute atomic E-state index is 11.0. The largest absolute Gasteiger partial charge is 0.481 e. The third kappa shape index (κ3) is 4.09. The van der Waals surface area contributed by atoms with Crippen LogP contribution in [-0.4, -0.2) is 28.8 Å². The summed E-state index contributed by atoms with van der Waals surface area (Å²) in [7, 11) is 0. The highest BCUT2D eigenvalue weighted by Crippen LogP contribution is 2.40. The monoisotopic (exact) mass is 379 g/mol. The molecule has 28 heavy (non-hydrogen) atoms. The van der Waals surface area contributed by atoms with Crippen LogP contribution in [0.5, 0.6) is 0 Å². The smallest absolute Gasteiger partial charge is 0.303 e. The third-order valence-electron chi connectivity index (χ3n) is 5.58. The van der Waals surface area contributed by atoms with E-state index in [4.69, 9.17) is 14.3 Å². The molecule has 0 amide bonds. The topological polar surface area (TPSA) is 72.6 Å². The van der Waals surface area contributed by atoms with Crippen LogP contribution in [0, 0.1) is 12.8 Å². The Morgan fingerprint density at radius 2 is 2.14 bits per heavy atom. The number of aryl methyl sites for hydroxylation is 1. The number of aromatic nitrogens is 1. The predicted molar refractivity (Wildman–Crippen MR) is 106 cm³/mol. The van der Waals surface area contributed by atoms with Gasteiger partial charge in [0.15, 0.2) is 0 Å². The minimum absolute atomic E-state index is 0.0548. The molecule has 2 aliphatic rings. The van der Waals surface area contributed by atoms with Gasteiger partial charge in [-0.05, 0) is 49.8 Å². The lowest BCUT2D eigenvalue weighted by Crippen LogP contribution is -2.16. The number of benzene rings is 1. The van der Waals surface area contributed by atoms with Gasteiger partial charge in [-0.25, -0.2) is 4.98 Å². The van der Waals surface area contributed by atoms with Gasteiger partial charge in [0.05, 0.1) is 24.8 Å². The standard InChI is InChI=1S/C23H25NO4/c1-15-21(28-23(24-15)16-5-3-2-4-6-16)11-12-27-19-9-10-20-17(13-19)7-8-18(20)14-22(25)26/h2-6,9-10,18-19H,7-8,11-14H2,1H3,(H,25,26)/t18-,19?/m0/s1. The number of carbonyl (C=O) groups is 1. The fraction of sp³-hybridized carbons (Fsp3) is 0.391. The zero-order valence-corrected chi connectivity index (χ0v) is 16.1. The summed E-state index contributed by atoms with van der Waals surface area (Å²) in [5, 5.41) is 9.05. The average molecular weight is 379 g/mol. The van der Waals surface area contributed by atoms with Gasteiger partial charge < -0.3 is 14.3 Å². The van der Waals surface area contributed by atoms with Crippen LogP contribution in [0.4, 0.5) is 0 Å². The lowest BCUT2D eigenvalue weighted by Gasteiger charge is -2.20. The molecule has 2 aromatic rings. The minimum atomic E-state index is -0.720. The van der Waals surface area contributed by atoms with Crippen molar-refractivity contribution in [1.29, 1.82) is 0 Å². The van der Waals surface area contributed by atoms with Crippen molar-refractivity contribution in [2.75, 3.05) is 6.61 Å². The number of carboxylic acid groups (broad SMARTS) is 1. The van der Waals surface area contributed by atoms with Crippen LogP contribution < -0.4 is 0 Å². The summed E-state index contributed by atoms with van der Waals surface area (Å²) in [5.74, 6) is 0.956. The highest BCUT2D eigenvalue weighted by Gasteiger charge is 2.29. The number of rotatable bonds is 7. The van der Waals surface area contributed by atoms with Crippen molar-refractivity contribution in [1.82, 2.24) is 4.98 Å². The van der Waals surface area contributed by atoms with E-state index in [1.807, 2.05) is 37.3 Å². The van der Waals surface area contributed by atoms with Crippen LogP contribution in [0.2, 0.25) is 0 Å². The Labute approximate surface area is 164 Å². The van der Waals surface area contributed by atoms with E-state index in [-0.39, 0.29) is 18.4 Å². The van der Waals surface area contributed by atoms with E-state index < -0.39 is 5.97 Å². The molecule has 1 unspecified atom stereocenters. The van der Waals surface area contributed by atoms with Crippen molar-refractivity contribution in [3.63, 3.8) is 0 Å². The molecule has 1 aromatic heterocycles. The Hall–Kier alpha value is -2.66. The van der Waals surface area contributed by atoms with E-state index in [9.17, 15) is 4.79 Å². The molecule has 0 bridgehead atoms. The molecule has 5 nitrogen and oxygen atoms in total. The van der Waals surface area contributed by atoms with Gasteiger partial charge in [-0.2, -0.15) is 0 Å². The Morgan fingerprint density at radius 3 is 2.93 bits per heavy atom. The summed E-state index contributed by atoms with van der Waals surface area (Å²) in [4.78, 5) is 15.5. The summed E-state index contributed by atoms with van der Waals surface area (Å²) < 4.78 is 12.0. The van der Waals surface area contributed by atoms with Crippen LogP contribution in [-0.2, 0) is 16.0 Å². The summed E-state index contributed by atoms with van der Waals surface area (Å²) in [5.41, 5.74) is 4.46. The highest BCUT2D eigenvalue weighted by atomic mass is 16.5. The van der Waals surface area contributed by atoms with E-state index in [0.717, 1.165) is 36.3 Å². The molecular formula is C23H25NO4. The van der Waals surface area contributed by atoms with Gasteiger partial charge in [-0.1, -0.05) is 35.9 Å². The lowest BCUT2D eigenvalue weighted by molar-refractivity contribution is -0.137. The van der Waals surface area contributed by atoms with Crippen LogP contribution in [0.15, 0.2) is 58.0 Å². The number of hydrogen-bond donors (Lipinski definition) is 1. The van der Waals surface area contributed by atoms with E-state index in [1.165, 1.54) is 11.1 Å². The van der Waals surface area contributed by atoms with Gasteiger partial charge in [0.2, 0.25) is 5.89 Å². The molecule has 2 atom stereocenters. The molecule has 2 aliphatic carbocycles. The van der Waals surface area contributed by atoms with Crippen LogP contribution >= 0.6 is 0 Å². The SMILES string of the molecule is Cc1nc(-c2ccccc2)oc1CCOC1C=CC2=C(CC[C@H]2CC(=O)O)C1. The molecule has 0 fully saturated rings. The molecule has 0 saturated carbocycles. The molecule has 0 aliphatic heterocycles. The summed E-state index contributed by atoms with van der Waals surface area (Å²) in [6, 6.07) is 9.90. The summed E-state index contributed by atoms with van der Waals surface area (Å²) in [6.07, 6.45) is 7.91. The van der Waals surface area contributed by atoms with Gasteiger partial charge in [0, 0.05) is 12.0 Å². The first kappa shape index (κ1) is 18.7. The fourth-order valence-corrected chi connectivity index (χ4v) is 4.14. The van der Waals surface area contributed by atoms with Crippen molar-refractivity contribution >= 4 is 5.97 Å². The number of oxazole rings is 1. The van der Waals surface area contributed by atoms with Crippen molar-refractivity contribution in [3.05, 3.63) is 65.1 Å². The molecule has 0 radical (unpaired) electrons. The van der Waals surface area contributed by atoms with Crippen molar-refractivity contribution < 1.29 is 19.1 Å². The second-order valence-corrected chi connectivity index (χ2v) is 7.51. The van der Waals surface area contributed by atoms with Gasteiger partial charge in [0.1, 0.15) is 5.76 Å². The first-order valence-electron chi connectivity index (χ1n) is 9.85. The van der Waals surface area contributed by atoms with Gasteiger partial charge in [-0.3, -0.25) is 4.79 Å². The Morgan fingerprint density at radius 1 is 1.32 bits per heavy atom. The van der Waals surface area contributed by atoms with Gasteiger partial charge >= 0.3 is 5.97 Å². The van der Waals surface area contributed by atoms with Crippen LogP contribution in [0.3, 0.4) is 0 Å². The summed E-state index contributed by atoms with van der Waals surface area (Å²) >= 11 is 0. The second-order valence-electron chi connectivity index (χ2n) is 7.51.